The Kier molecular flexibility index (Phi) is 4.53. The number of methoxy groups -OCH3 is 1. The van der Waals surface area contributed by atoms with Crippen LogP contribution in [-0.4, -0.2) is 24.9 Å². The van der Waals surface area contributed by atoms with E-state index in [-0.39, 0.29) is 0 Å². The number of hydrogen-bond donors (Lipinski definition) is 1. The highest BCUT2D eigenvalue weighted by Gasteiger charge is 2.27. The fraction of sp³-hybridized carbons (Fsp3) is 0.500. The normalized spacial score (nSPS) is 20.8. The summed E-state index contributed by atoms with van der Waals surface area (Å²) in [5, 5.41) is -0.852. The maximum absolute atomic E-state index is 5.80. The highest BCUT2D eigenvalue weighted by atomic mass is 32.9. The molecule has 2 rings (SSSR count). The molecule has 0 radical (unpaired) electrons. The summed E-state index contributed by atoms with van der Waals surface area (Å²) in [6.45, 7) is 2.14. The molecule has 0 N–H and O–H groups in total. The molecule has 0 aromatic heterocycles. The molecule has 17 heavy (non-hydrogen) atoms. The molecule has 0 spiro atoms. The zero-order chi connectivity index (χ0) is 12.3. The van der Waals surface area contributed by atoms with E-state index in [1.165, 1.54) is 19.3 Å². The first-order valence-electron chi connectivity index (χ1n) is 5.88. The summed E-state index contributed by atoms with van der Waals surface area (Å²) >= 11 is 10.6. The molecule has 0 bridgehead atoms. The minimum Gasteiger partial charge on any atom is -0.496 e. The second-order valence-corrected chi connectivity index (χ2v) is 10.5. The average Bonchev–Trinajstić information content (AvgIpc) is 2.39. The third-order valence-electron chi connectivity index (χ3n) is 3.11. The molecular weight excluding hydrogens is 269 g/mol. The predicted octanol–water partition coefficient (Wildman–Crippen LogP) is 3.05. The zero-order valence-electron chi connectivity index (χ0n) is 10.0. The van der Waals surface area contributed by atoms with Gasteiger partial charge in [-0.2, -0.15) is 0 Å². The van der Waals surface area contributed by atoms with Crippen LogP contribution in [0.3, 0.4) is 0 Å². The molecule has 1 aliphatic rings. The number of ether oxygens (including phenoxy) is 1. The Labute approximate surface area is 114 Å². The summed E-state index contributed by atoms with van der Waals surface area (Å²) in [6.07, 6.45) is 3.77. The summed E-state index contributed by atoms with van der Waals surface area (Å²) in [5.74, 6) is 0.872. The summed E-state index contributed by atoms with van der Waals surface area (Å²) in [6, 6.07) is 8.01. The van der Waals surface area contributed by atoms with Crippen molar-refractivity contribution in [1.29, 1.82) is 0 Å². The van der Waals surface area contributed by atoms with Crippen LogP contribution in [-0.2, 0) is 11.8 Å². The first-order chi connectivity index (χ1) is 8.16. The number of para-hydroxylation sites is 1. The zero-order valence-corrected chi connectivity index (χ0v) is 12.6. The van der Waals surface area contributed by atoms with E-state index in [1.807, 2.05) is 18.2 Å². The molecule has 1 fully saturated rings. The summed E-state index contributed by atoms with van der Waals surface area (Å²) in [7, 11) is 1.69. The SMILES string of the molecule is COc1ccccc1P(=S)(S)N1CCCCC1. The molecule has 1 heterocycles. The molecular formula is C12H18NOPS2. The van der Waals surface area contributed by atoms with Crippen molar-refractivity contribution in [2.45, 2.75) is 19.3 Å². The number of piperidine rings is 1. The molecule has 1 aliphatic heterocycles. The van der Waals surface area contributed by atoms with Crippen molar-refractivity contribution in [2.24, 2.45) is 0 Å². The van der Waals surface area contributed by atoms with Crippen LogP contribution in [0.15, 0.2) is 24.3 Å². The van der Waals surface area contributed by atoms with Crippen molar-refractivity contribution in [2.75, 3.05) is 20.2 Å². The van der Waals surface area contributed by atoms with Crippen LogP contribution >= 0.6 is 17.6 Å². The van der Waals surface area contributed by atoms with Crippen molar-refractivity contribution in [3.8, 4) is 5.75 Å². The van der Waals surface area contributed by atoms with Gasteiger partial charge in [-0.15, -0.1) is 12.2 Å². The molecule has 1 unspecified atom stereocenters. The maximum Gasteiger partial charge on any atom is 0.129 e. The number of thiol groups is 1. The Morgan fingerprint density at radius 3 is 2.53 bits per heavy atom. The van der Waals surface area contributed by atoms with Crippen molar-refractivity contribution in [3.63, 3.8) is 0 Å². The summed E-state index contributed by atoms with van der Waals surface area (Å²) < 4.78 is 7.78. The van der Waals surface area contributed by atoms with Gasteiger partial charge in [0.2, 0.25) is 0 Å². The van der Waals surface area contributed by atoms with Crippen LogP contribution in [0.1, 0.15) is 19.3 Å². The number of hydrogen-bond acceptors (Lipinski definition) is 2. The third kappa shape index (κ3) is 2.87. The average molecular weight is 287 g/mol. The lowest BCUT2D eigenvalue weighted by molar-refractivity contribution is 0.374. The summed E-state index contributed by atoms with van der Waals surface area (Å²) in [4.78, 5) is 0. The number of nitrogens with zero attached hydrogens (tertiary/aromatic N) is 1. The first-order valence-corrected chi connectivity index (χ1v) is 9.79. The van der Waals surface area contributed by atoms with Crippen LogP contribution in [0.5, 0.6) is 5.75 Å². The topological polar surface area (TPSA) is 12.5 Å². The molecule has 1 saturated heterocycles. The summed E-state index contributed by atoms with van der Waals surface area (Å²) in [5.41, 5.74) is 0. The van der Waals surface area contributed by atoms with Gasteiger partial charge < -0.3 is 4.74 Å². The molecule has 0 amide bonds. The Balaban J connectivity index is 2.32. The highest BCUT2D eigenvalue weighted by Crippen LogP contribution is 2.56. The molecule has 0 saturated carbocycles. The van der Waals surface area contributed by atoms with E-state index >= 15 is 0 Å². The predicted molar refractivity (Wildman–Crippen MR) is 81.3 cm³/mol. The molecule has 5 heteroatoms. The molecule has 1 aromatic carbocycles. The van der Waals surface area contributed by atoms with Crippen LogP contribution in [0.4, 0.5) is 0 Å². The first kappa shape index (κ1) is 13.4. The van der Waals surface area contributed by atoms with Gasteiger partial charge >= 0.3 is 0 Å². The molecule has 1 atom stereocenters. The largest absolute Gasteiger partial charge is 0.496 e. The molecule has 2 nitrogen and oxygen atoms in total. The van der Waals surface area contributed by atoms with Crippen molar-refractivity contribution in [3.05, 3.63) is 24.3 Å². The van der Waals surface area contributed by atoms with E-state index in [9.17, 15) is 0 Å². The van der Waals surface area contributed by atoms with Gasteiger partial charge in [0.05, 0.1) is 17.8 Å². The van der Waals surface area contributed by atoms with Crippen molar-refractivity contribution >= 4 is 34.8 Å². The number of rotatable bonds is 3. The van der Waals surface area contributed by atoms with Crippen molar-refractivity contribution < 1.29 is 4.74 Å². The standard InChI is InChI=1S/C12H18NOPS2/c1-14-11-7-3-4-8-12(11)15(16,17)13-9-5-2-6-10-13/h3-4,7-8H,2,5-6,9-10H2,1H3,(H,16,17). The Bertz CT molecular complexity index is 432. The van der Waals surface area contributed by atoms with Crippen LogP contribution in [0.25, 0.3) is 0 Å². The van der Waals surface area contributed by atoms with E-state index in [0.29, 0.717) is 0 Å². The number of benzene rings is 1. The third-order valence-corrected chi connectivity index (χ3v) is 7.97. The van der Waals surface area contributed by atoms with Crippen molar-refractivity contribution in [1.82, 2.24) is 4.67 Å². The Morgan fingerprint density at radius 2 is 1.88 bits per heavy atom. The molecule has 94 valence electrons. The lowest BCUT2D eigenvalue weighted by atomic mass is 10.2. The second-order valence-electron chi connectivity index (χ2n) is 4.23. The van der Waals surface area contributed by atoms with Gasteiger partial charge in [-0.05, 0) is 25.0 Å². The van der Waals surface area contributed by atoms with Crippen LogP contribution < -0.4 is 10.0 Å². The van der Waals surface area contributed by atoms with Crippen LogP contribution in [0, 0.1) is 0 Å². The van der Waals surface area contributed by atoms with E-state index in [1.54, 1.807) is 7.11 Å². The van der Waals surface area contributed by atoms with Crippen LogP contribution in [0.2, 0.25) is 0 Å². The maximum atomic E-state index is 5.80. The lowest BCUT2D eigenvalue weighted by Crippen LogP contribution is -2.29. The minimum absolute atomic E-state index is 0.872. The smallest absolute Gasteiger partial charge is 0.129 e. The molecule has 1 aromatic rings. The quantitative estimate of drug-likeness (QED) is 0.678. The van der Waals surface area contributed by atoms with E-state index in [0.717, 1.165) is 24.1 Å². The molecule has 0 aliphatic carbocycles. The Morgan fingerprint density at radius 1 is 1.24 bits per heavy atom. The van der Waals surface area contributed by atoms with Gasteiger partial charge in [0.15, 0.2) is 0 Å². The van der Waals surface area contributed by atoms with E-state index < -0.39 is 5.39 Å². The van der Waals surface area contributed by atoms with Gasteiger partial charge in [0.1, 0.15) is 5.75 Å². The minimum atomic E-state index is -1.94. The lowest BCUT2D eigenvalue weighted by Gasteiger charge is -2.35. The van der Waals surface area contributed by atoms with E-state index in [4.69, 9.17) is 28.8 Å². The fourth-order valence-corrected chi connectivity index (χ4v) is 6.01. The highest BCUT2D eigenvalue weighted by molar-refractivity contribution is 8.65. The van der Waals surface area contributed by atoms with Gasteiger partial charge in [0.25, 0.3) is 0 Å². The van der Waals surface area contributed by atoms with Gasteiger partial charge in [-0.25, -0.2) is 0 Å². The van der Waals surface area contributed by atoms with E-state index in [2.05, 4.69) is 10.7 Å². The second kappa shape index (κ2) is 5.75. The monoisotopic (exact) mass is 287 g/mol. The van der Waals surface area contributed by atoms with Gasteiger partial charge in [-0.1, -0.05) is 30.4 Å². The van der Waals surface area contributed by atoms with Gasteiger partial charge in [0, 0.05) is 13.1 Å². The fourth-order valence-electron chi connectivity index (χ4n) is 2.17. The van der Waals surface area contributed by atoms with Gasteiger partial charge in [-0.3, -0.25) is 4.67 Å². The Hall–Kier alpha value is -0.0200.